The number of aromatic nitrogens is 2. The van der Waals surface area contributed by atoms with Crippen molar-refractivity contribution >= 4 is 101 Å². The predicted molar refractivity (Wildman–Crippen MR) is 248 cm³/mol. The summed E-state index contributed by atoms with van der Waals surface area (Å²) in [5.41, 5.74) is 4.18. The summed E-state index contributed by atoms with van der Waals surface area (Å²) in [6, 6.07) is 27.1. The molecule has 2 aliphatic heterocycles. The molecule has 4 aromatic carbocycles. The van der Waals surface area contributed by atoms with E-state index in [4.69, 9.17) is 16.7 Å². The second kappa shape index (κ2) is 15.1. The Hall–Kier alpha value is -5.96. The molecular weight excluding hydrogens is 902 g/mol. The maximum atomic E-state index is 15.2. The van der Waals surface area contributed by atoms with Gasteiger partial charge < -0.3 is 10.0 Å². The van der Waals surface area contributed by atoms with Gasteiger partial charge in [-0.15, -0.1) is 11.3 Å². The first kappa shape index (κ1) is 41.1. The van der Waals surface area contributed by atoms with Gasteiger partial charge in [0, 0.05) is 58.6 Å². The number of phenols is 1. The first-order valence-electron chi connectivity index (χ1n) is 20.6. The molecular formula is C48H41BrClN7O5S. The molecule has 2 aromatic heterocycles. The first-order chi connectivity index (χ1) is 30.1. The molecule has 0 radical (unpaired) electrons. The highest BCUT2D eigenvalue weighted by molar-refractivity contribution is 9.10. The van der Waals surface area contributed by atoms with Crippen LogP contribution in [0.15, 0.2) is 117 Å². The van der Waals surface area contributed by atoms with Gasteiger partial charge >= 0.3 is 0 Å². The molecule has 12 nitrogen and oxygen atoms in total. The largest absolute Gasteiger partial charge is 0.508 e. The SMILES string of the molecule is Cc1c(-c2cc(N3C(=O)[C@@H]4C[C@@H]5C(=CC[C@@H]6C(=O)N(c7ccc(N=Nc8ccc(N(C)C)cc8)cc7)C(=O)[C@@H]65)[C@H](c5cc(Br)ccc5O)[C@]4(C)C3=O)n(C)n2)sc2ccc(Cl)cc12. The van der Waals surface area contributed by atoms with Crippen molar-refractivity contribution in [3.8, 4) is 16.3 Å². The van der Waals surface area contributed by atoms with E-state index >= 15 is 9.59 Å². The van der Waals surface area contributed by atoms with Crippen LogP contribution < -0.4 is 14.7 Å². The number of nitrogens with zero attached hydrogens (tertiary/aromatic N) is 7. The van der Waals surface area contributed by atoms with Gasteiger partial charge in [0.15, 0.2) is 0 Å². The van der Waals surface area contributed by atoms with Crippen LogP contribution in [0.5, 0.6) is 5.75 Å². The molecule has 0 spiro atoms. The number of hydrogen-bond acceptors (Lipinski definition) is 10. The van der Waals surface area contributed by atoms with Crippen LogP contribution in [0.2, 0.25) is 5.02 Å². The van der Waals surface area contributed by atoms with E-state index in [9.17, 15) is 14.7 Å². The number of rotatable bonds is 7. The van der Waals surface area contributed by atoms with Crippen LogP contribution in [0.4, 0.5) is 28.6 Å². The topological polar surface area (TPSA) is 141 Å². The fourth-order valence-corrected chi connectivity index (χ4v) is 12.1. The summed E-state index contributed by atoms with van der Waals surface area (Å²) in [6.07, 6.45) is 2.40. The Balaban J connectivity index is 0.993. The lowest BCUT2D eigenvalue weighted by molar-refractivity contribution is -0.131. The van der Waals surface area contributed by atoms with Crippen molar-refractivity contribution in [2.45, 2.75) is 32.6 Å². The molecule has 4 heterocycles. The zero-order chi connectivity index (χ0) is 44.2. The van der Waals surface area contributed by atoms with Gasteiger partial charge in [-0.1, -0.05) is 39.2 Å². The Morgan fingerprint density at radius 2 is 1.57 bits per heavy atom. The van der Waals surface area contributed by atoms with Crippen LogP contribution in [-0.4, -0.2) is 52.6 Å². The van der Waals surface area contributed by atoms with E-state index in [1.165, 1.54) is 9.80 Å². The number of amides is 4. The summed E-state index contributed by atoms with van der Waals surface area (Å²) in [7, 11) is 5.64. The van der Waals surface area contributed by atoms with Gasteiger partial charge in [-0.3, -0.25) is 28.8 Å². The summed E-state index contributed by atoms with van der Waals surface area (Å²) in [6.45, 7) is 3.80. The van der Waals surface area contributed by atoms with Crippen LogP contribution in [0.3, 0.4) is 0 Å². The number of carbonyl (C=O) groups excluding carboxylic acids is 4. The van der Waals surface area contributed by atoms with E-state index in [0.29, 0.717) is 43.6 Å². The van der Waals surface area contributed by atoms with E-state index in [1.54, 1.807) is 78.5 Å². The summed E-state index contributed by atoms with van der Waals surface area (Å²) < 4.78 is 3.28. The van der Waals surface area contributed by atoms with Gasteiger partial charge in [0.1, 0.15) is 17.3 Å². The Kier molecular flexibility index (Phi) is 9.84. The first-order valence-corrected chi connectivity index (χ1v) is 22.6. The highest BCUT2D eigenvalue weighted by Gasteiger charge is 2.68. The Morgan fingerprint density at radius 1 is 0.873 bits per heavy atom. The molecule has 2 aliphatic carbocycles. The van der Waals surface area contributed by atoms with Gasteiger partial charge in [-0.2, -0.15) is 15.3 Å². The molecule has 10 rings (SSSR count). The summed E-state index contributed by atoms with van der Waals surface area (Å²) in [5.74, 6) is -4.92. The van der Waals surface area contributed by atoms with Crippen molar-refractivity contribution < 1.29 is 24.3 Å². The van der Waals surface area contributed by atoms with Crippen LogP contribution >= 0.6 is 38.9 Å². The number of halogens is 2. The number of aromatic hydroxyl groups is 1. The molecule has 1 saturated carbocycles. The van der Waals surface area contributed by atoms with Crippen molar-refractivity contribution in [1.29, 1.82) is 0 Å². The van der Waals surface area contributed by atoms with E-state index < -0.39 is 46.8 Å². The Labute approximate surface area is 380 Å². The highest BCUT2D eigenvalue weighted by atomic mass is 79.9. The number of carbonyl (C=O) groups is 4. The number of thiophene rings is 1. The number of benzene rings is 4. The van der Waals surface area contributed by atoms with Gasteiger partial charge in [0.2, 0.25) is 23.6 Å². The van der Waals surface area contributed by atoms with Crippen molar-refractivity contribution in [3.05, 3.63) is 123 Å². The average Bonchev–Trinajstić information content (AvgIpc) is 3.94. The fraction of sp³-hybridized carbons (Fsp3) is 0.271. The van der Waals surface area contributed by atoms with Crippen molar-refractivity contribution in [2.75, 3.05) is 28.8 Å². The molecule has 63 heavy (non-hydrogen) atoms. The van der Waals surface area contributed by atoms with Crippen LogP contribution in [0, 0.1) is 36.0 Å². The van der Waals surface area contributed by atoms with Gasteiger partial charge in [-0.25, -0.2) is 4.90 Å². The molecule has 2 saturated heterocycles. The average molecular weight is 943 g/mol. The minimum Gasteiger partial charge on any atom is -0.508 e. The maximum absolute atomic E-state index is 15.2. The van der Waals surface area contributed by atoms with Crippen LogP contribution in [0.25, 0.3) is 20.7 Å². The summed E-state index contributed by atoms with van der Waals surface area (Å²) in [5, 5.41) is 26.7. The number of azo groups is 1. The molecule has 1 N–H and O–H groups in total. The van der Waals surface area contributed by atoms with Crippen LogP contribution in [-0.2, 0) is 26.2 Å². The van der Waals surface area contributed by atoms with Crippen molar-refractivity contribution in [1.82, 2.24) is 9.78 Å². The zero-order valence-corrected chi connectivity index (χ0v) is 38.1. The Morgan fingerprint density at radius 3 is 2.27 bits per heavy atom. The second-order valence-corrected chi connectivity index (χ2v) is 19.6. The monoisotopic (exact) mass is 941 g/mol. The maximum Gasteiger partial charge on any atom is 0.242 e. The summed E-state index contributed by atoms with van der Waals surface area (Å²) >= 11 is 11.5. The second-order valence-electron chi connectivity index (χ2n) is 17.2. The van der Waals surface area contributed by atoms with E-state index in [2.05, 4.69) is 26.2 Å². The lowest BCUT2D eigenvalue weighted by Crippen LogP contribution is -2.49. The molecule has 4 aliphatic rings. The standard InChI is InChI=1S/C48H41BrClN7O5S/c1-24-33-21-26(50)7-19-39(33)63-43(24)37-23-40(55(5)53-37)57-45(60)36-22-34-31(42(48(36,2)47(57)62)35-20-25(49)6-18-38(35)58)16-17-32-41(34)46(61)56(44(32)59)30-14-10-28(11-15-30)52-51-27-8-12-29(13-9-27)54(3)4/h6-16,18-21,23,32,34,36,41-42,58H,17,22H2,1-5H3/t32-,34+,36-,41-,42+,48+/m0/s1. The van der Waals surface area contributed by atoms with Gasteiger partial charge in [0.25, 0.3) is 0 Å². The lowest BCUT2D eigenvalue weighted by Gasteiger charge is -2.49. The smallest absolute Gasteiger partial charge is 0.242 e. The van der Waals surface area contributed by atoms with Gasteiger partial charge in [-0.05, 0) is 128 Å². The molecule has 4 amide bonds. The van der Waals surface area contributed by atoms with Gasteiger partial charge in [0.05, 0.1) is 45.1 Å². The quantitative estimate of drug-likeness (QED) is 0.0954. The third kappa shape index (κ3) is 6.39. The Bertz CT molecular complexity index is 3000. The minimum atomic E-state index is -1.36. The number of aryl methyl sites for hydroxylation is 2. The molecule has 15 heteroatoms. The van der Waals surface area contributed by atoms with Crippen molar-refractivity contribution in [2.24, 2.45) is 46.4 Å². The molecule has 0 bridgehead atoms. The molecule has 0 unspecified atom stereocenters. The third-order valence-electron chi connectivity index (χ3n) is 13.5. The number of hydrogen-bond donors (Lipinski definition) is 1. The number of allylic oxidation sites excluding steroid dienone is 2. The van der Waals surface area contributed by atoms with E-state index in [-0.39, 0.29) is 30.4 Å². The molecule has 3 fully saturated rings. The normalized spacial score (nSPS) is 24.4. The number of imide groups is 2. The fourth-order valence-electron chi connectivity index (χ4n) is 10.4. The molecule has 6 aromatic rings. The van der Waals surface area contributed by atoms with E-state index in [0.717, 1.165) is 31.8 Å². The number of anilines is 3. The number of phenolic OH excluding ortho intramolecular Hbond substituents is 1. The molecule has 6 atom stereocenters. The molecule has 318 valence electrons. The zero-order valence-electron chi connectivity index (χ0n) is 34.9. The van der Waals surface area contributed by atoms with Crippen molar-refractivity contribution in [3.63, 3.8) is 0 Å². The third-order valence-corrected chi connectivity index (χ3v) is 15.6. The summed E-state index contributed by atoms with van der Waals surface area (Å²) in [4.78, 5) is 64.7. The lowest BCUT2D eigenvalue weighted by atomic mass is 9.51. The van der Waals surface area contributed by atoms with Crippen LogP contribution in [0.1, 0.15) is 36.8 Å². The minimum absolute atomic E-state index is 0.0352. The predicted octanol–water partition coefficient (Wildman–Crippen LogP) is 10.6. The van der Waals surface area contributed by atoms with E-state index in [1.807, 2.05) is 74.5 Å². The number of fused-ring (bicyclic) bond motifs is 5. The highest BCUT2D eigenvalue weighted by Crippen LogP contribution is 2.64.